The lowest BCUT2D eigenvalue weighted by atomic mass is 10.2. The molecule has 0 spiro atoms. The molecule has 0 heterocycles. The standard InChI is InChI=1S/C14H22ClNO3/c1-10(2)16-9-11-7-12(15)14(13(8-11)18-3)19-6-4-5-17/h7-8,10,16-17H,4-6,9H2,1-3H3. The van der Waals surface area contributed by atoms with Gasteiger partial charge in [0.05, 0.1) is 18.7 Å². The lowest BCUT2D eigenvalue weighted by Gasteiger charge is -2.15. The van der Waals surface area contributed by atoms with Crippen molar-refractivity contribution in [2.24, 2.45) is 0 Å². The Balaban J connectivity index is 2.81. The topological polar surface area (TPSA) is 50.7 Å². The van der Waals surface area contributed by atoms with E-state index in [1.807, 2.05) is 12.1 Å². The maximum atomic E-state index is 8.75. The average Bonchev–Trinajstić information content (AvgIpc) is 2.38. The highest BCUT2D eigenvalue weighted by Gasteiger charge is 2.12. The first-order valence-corrected chi connectivity index (χ1v) is 6.79. The summed E-state index contributed by atoms with van der Waals surface area (Å²) in [4.78, 5) is 0. The van der Waals surface area contributed by atoms with Crippen LogP contribution in [-0.2, 0) is 6.54 Å². The summed E-state index contributed by atoms with van der Waals surface area (Å²) < 4.78 is 10.8. The largest absolute Gasteiger partial charge is 0.493 e. The van der Waals surface area contributed by atoms with Crippen LogP contribution in [0.2, 0.25) is 5.02 Å². The summed E-state index contributed by atoms with van der Waals surface area (Å²) in [7, 11) is 1.59. The second kappa shape index (κ2) is 8.25. The third kappa shape index (κ3) is 5.27. The zero-order valence-corrected chi connectivity index (χ0v) is 12.5. The molecule has 0 radical (unpaired) electrons. The van der Waals surface area contributed by atoms with E-state index in [1.165, 1.54) is 0 Å². The van der Waals surface area contributed by atoms with E-state index in [9.17, 15) is 0 Å². The van der Waals surface area contributed by atoms with Crippen LogP contribution in [-0.4, -0.2) is 31.5 Å². The van der Waals surface area contributed by atoms with E-state index in [4.69, 9.17) is 26.2 Å². The molecule has 0 unspecified atom stereocenters. The third-order valence-electron chi connectivity index (χ3n) is 2.55. The molecule has 0 fully saturated rings. The number of halogens is 1. The van der Waals surface area contributed by atoms with Crippen LogP contribution in [0.5, 0.6) is 11.5 Å². The van der Waals surface area contributed by atoms with E-state index < -0.39 is 0 Å². The molecule has 0 saturated heterocycles. The maximum Gasteiger partial charge on any atom is 0.179 e. The van der Waals surface area contributed by atoms with E-state index in [-0.39, 0.29) is 6.61 Å². The zero-order chi connectivity index (χ0) is 14.3. The predicted molar refractivity (Wildman–Crippen MR) is 77.2 cm³/mol. The minimum absolute atomic E-state index is 0.0936. The summed E-state index contributed by atoms with van der Waals surface area (Å²) in [5, 5.41) is 12.6. The number of benzene rings is 1. The first kappa shape index (κ1) is 16.1. The molecule has 0 bridgehead atoms. The first-order valence-electron chi connectivity index (χ1n) is 6.42. The highest BCUT2D eigenvalue weighted by molar-refractivity contribution is 6.32. The van der Waals surface area contributed by atoms with Crippen molar-refractivity contribution in [1.29, 1.82) is 0 Å². The van der Waals surface area contributed by atoms with Gasteiger partial charge in [0.15, 0.2) is 11.5 Å². The van der Waals surface area contributed by atoms with Crippen molar-refractivity contribution in [1.82, 2.24) is 5.32 Å². The summed E-state index contributed by atoms with van der Waals surface area (Å²) in [6.45, 7) is 5.41. The predicted octanol–water partition coefficient (Wildman–Crippen LogP) is 2.61. The van der Waals surface area contributed by atoms with Crippen molar-refractivity contribution in [3.63, 3.8) is 0 Å². The van der Waals surface area contributed by atoms with Crippen LogP contribution in [0.1, 0.15) is 25.8 Å². The summed E-state index contributed by atoms with van der Waals surface area (Å²) in [6.07, 6.45) is 0.566. The Morgan fingerprint density at radius 3 is 2.68 bits per heavy atom. The molecular weight excluding hydrogens is 266 g/mol. The number of hydrogen-bond donors (Lipinski definition) is 2. The minimum atomic E-state index is 0.0936. The van der Waals surface area contributed by atoms with Crippen LogP contribution in [0.3, 0.4) is 0 Å². The van der Waals surface area contributed by atoms with E-state index in [1.54, 1.807) is 7.11 Å². The second-order valence-corrected chi connectivity index (χ2v) is 4.98. The molecule has 0 saturated carbocycles. The molecule has 1 aromatic carbocycles. The number of aliphatic hydroxyl groups excluding tert-OH is 1. The monoisotopic (exact) mass is 287 g/mol. The van der Waals surface area contributed by atoms with Crippen molar-refractivity contribution in [3.05, 3.63) is 22.7 Å². The van der Waals surface area contributed by atoms with E-state index in [2.05, 4.69) is 19.2 Å². The normalized spacial score (nSPS) is 10.8. The van der Waals surface area contributed by atoms with Crippen molar-refractivity contribution >= 4 is 11.6 Å². The Kier molecular flexibility index (Phi) is 6.99. The van der Waals surface area contributed by atoms with Crippen LogP contribution in [0.4, 0.5) is 0 Å². The Morgan fingerprint density at radius 1 is 1.37 bits per heavy atom. The van der Waals surface area contributed by atoms with Crippen LogP contribution >= 0.6 is 11.6 Å². The Labute approximate surface area is 119 Å². The molecule has 0 amide bonds. The van der Waals surface area contributed by atoms with Gasteiger partial charge in [0.25, 0.3) is 0 Å². The third-order valence-corrected chi connectivity index (χ3v) is 2.83. The fourth-order valence-corrected chi connectivity index (χ4v) is 1.86. The molecule has 19 heavy (non-hydrogen) atoms. The molecular formula is C14H22ClNO3. The molecule has 0 aliphatic heterocycles. The SMILES string of the molecule is COc1cc(CNC(C)C)cc(Cl)c1OCCCO. The molecule has 0 aliphatic carbocycles. The average molecular weight is 288 g/mol. The van der Waals surface area contributed by atoms with Crippen molar-refractivity contribution < 1.29 is 14.6 Å². The Bertz CT molecular complexity index is 397. The van der Waals surface area contributed by atoms with Crippen LogP contribution in [0.25, 0.3) is 0 Å². The van der Waals surface area contributed by atoms with Gasteiger partial charge >= 0.3 is 0 Å². The summed E-state index contributed by atoms with van der Waals surface area (Å²) >= 11 is 6.21. The smallest absolute Gasteiger partial charge is 0.179 e. The van der Waals surface area contributed by atoms with Gasteiger partial charge in [0, 0.05) is 25.6 Å². The lowest BCUT2D eigenvalue weighted by molar-refractivity contribution is 0.228. The van der Waals surface area contributed by atoms with Crippen molar-refractivity contribution in [2.75, 3.05) is 20.3 Å². The fourth-order valence-electron chi connectivity index (χ4n) is 1.58. The maximum absolute atomic E-state index is 8.75. The van der Waals surface area contributed by atoms with Gasteiger partial charge < -0.3 is 19.9 Å². The highest BCUT2D eigenvalue weighted by Crippen LogP contribution is 2.36. The Hall–Kier alpha value is -0.970. The highest BCUT2D eigenvalue weighted by atomic mass is 35.5. The number of rotatable bonds is 8. The number of nitrogens with one attached hydrogen (secondary N) is 1. The number of ether oxygens (including phenoxy) is 2. The van der Waals surface area contributed by atoms with E-state index >= 15 is 0 Å². The fraction of sp³-hybridized carbons (Fsp3) is 0.571. The van der Waals surface area contributed by atoms with Gasteiger partial charge in [-0.3, -0.25) is 0 Å². The van der Waals surface area contributed by atoms with Crippen LogP contribution < -0.4 is 14.8 Å². The molecule has 0 aromatic heterocycles. The lowest BCUT2D eigenvalue weighted by Crippen LogP contribution is -2.21. The van der Waals surface area contributed by atoms with Crippen LogP contribution in [0.15, 0.2) is 12.1 Å². The van der Waals surface area contributed by atoms with Gasteiger partial charge in [-0.15, -0.1) is 0 Å². The summed E-state index contributed by atoms with van der Waals surface area (Å²) in [5.74, 6) is 1.15. The number of methoxy groups -OCH3 is 1. The van der Waals surface area contributed by atoms with Gasteiger partial charge in [-0.25, -0.2) is 0 Å². The summed E-state index contributed by atoms with van der Waals surface area (Å²) in [5.41, 5.74) is 1.05. The molecule has 2 N–H and O–H groups in total. The minimum Gasteiger partial charge on any atom is -0.493 e. The molecule has 0 aliphatic rings. The number of hydrogen-bond acceptors (Lipinski definition) is 4. The molecule has 0 atom stereocenters. The molecule has 108 valence electrons. The summed E-state index contributed by atoms with van der Waals surface area (Å²) in [6, 6.07) is 4.19. The first-order chi connectivity index (χ1) is 9.08. The van der Waals surface area contributed by atoms with Gasteiger partial charge in [0.1, 0.15) is 0 Å². The van der Waals surface area contributed by atoms with Gasteiger partial charge in [-0.2, -0.15) is 0 Å². The Morgan fingerprint density at radius 2 is 2.11 bits per heavy atom. The van der Waals surface area contributed by atoms with E-state index in [0.29, 0.717) is 35.6 Å². The van der Waals surface area contributed by atoms with Gasteiger partial charge in [-0.1, -0.05) is 25.4 Å². The molecule has 1 rings (SSSR count). The quantitative estimate of drug-likeness (QED) is 0.722. The zero-order valence-electron chi connectivity index (χ0n) is 11.7. The van der Waals surface area contributed by atoms with Crippen LogP contribution in [0, 0.1) is 0 Å². The van der Waals surface area contributed by atoms with E-state index in [0.717, 1.165) is 12.1 Å². The van der Waals surface area contributed by atoms with Gasteiger partial charge in [-0.05, 0) is 17.7 Å². The van der Waals surface area contributed by atoms with Crippen molar-refractivity contribution in [2.45, 2.75) is 32.9 Å². The second-order valence-electron chi connectivity index (χ2n) is 4.57. The number of aliphatic hydroxyl groups is 1. The molecule has 4 nitrogen and oxygen atoms in total. The molecule has 1 aromatic rings. The van der Waals surface area contributed by atoms with Crippen molar-refractivity contribution in [3.8, 4) is 11.5 Å². The molecule has 5 heteroatoms. The van der Waals surface area contributed by atoms with Gasteiger partial charge in [0.2, 0.25) is 0 Å².